The molecule has 6 nitrogen and oxygen atoms in total. The van der Waals surface area contributed by atoms with Crippen LogP contribution in [0.15, 0.2) is 59.5 Å². The second-order valence-electron chi connectivity index (χ2n) is 6.94. The summed E-state index contributed by atoms with van der Waals surface area (Å²) in [5.41, 5.74) is 1.69. The number of hydrogen-bond acceptors (Lipinski definition) is 4. The van der Waals surface area contributed by atoms with E-state index in [1.807, 2.05) is 25.1 Å². The number of nitrogens with zero attached hydrogens (tertiary/aromatic N) is 1. The van der Waals surface area contributed by atoms with E-state index in [1.165, 1.54) is 22.0 Å². The lowest BCUT2D eigenvalue weighted by Crippen LogP contribution is -2.40. The molecule has 1 N–H and O–H groups in total. The Balaban J connectivity index is 1.57. The highest BCUT2D eigenvalue weighted by atomic mass is 32.2. The largest absolute Gasteiger partial charge is 0.379 e. The van der Waals surface area contributed by atoms with Crippen LogP contribution < -0.4 is 5.32 Å². The van der Waals surface area contributed by atoms with E-state index in [0.29, 0.717) is 31.9 Å². The zero-order valence-electron chi connectivity index (χ0n) is 16.0. The van der Waals surface area contributed by atoms with Crippen LogP contribution in [0.3, 0.4) is 0 Å². The fourth-order valence-electron chi connectivity index (χ4n) is 3.12. The number of aryl methyl sites for hydroxylation is 1. The molecule has 2 aromatic carbocycles. The van der Waals surface area contributed by atoms with Crippen molar-refractivity contribution in [3.8, 4) is 0 Å². The topological polar surface area (TPSA) is 75.7 Å². The molecule has 0 aliphatic carbocycles. The summed E-state index contributed by atoms with van der Waals surface area (Å²) in [6.07, 6.45) is 1.72. The maximum Gasteiger partial charge on any atom is 0.251 e. The zero-order chi connectivity index (χ0) is 20.0. The molecule has 2 aromatic rings. The van der Waals surface area contributed by atoms with Crippen molar-refractivity contribution in [3.05, 3.63) is 65.7 Å². The molecule has 1 saturated heterocycles. The molecule has 0 aromatic heterocycles. The van der Waals surface area contributed by atoms with Crippen molar-refractivity contribution >= 4 is 15.9 Å². The van der Waals surface area contributed by atoms with Crippen molar-refractivity contribution in [1.29, 1.82) is 0 Å². The van der Waals surface area contributed by atoms with Crippen molar-refractivity contribution < 1.29 is 17.9 Å². The molecule has 0 radical (unpaired) electrons. The van der Waals surface area contributed by atoms with Crippen molar-refractivity contribution in [1.82, 2.24) is 9.62 Å². The van der Waals surface area contributed by atoms with Crippen molar-refractivity contribution in [2.75, 3.05) is 26.3 Å². The highest BCUT2D eigenvalue weighted by molar-refractivity contribution is 7.89. The van der Waals surface area contributed by atoms with E-state index in [9.17, 15) is 13.2 Å². The molecule has 0 spiro atoms. The van der Waals surface area contributed by atoms with Crippen LogP contribution in [0.5, 0.6) is 0 Å². The molecule has 1 unspecified atom stereocenters. The van der Waals surface area contributed by atoms with Crippen LogP contribution in [-0.4, -0.2) is 51.0 Å². The van der Waals surface area contributed by atoms with E-state index in [-0.39, 0.29) is 16.8 Å². The molecule has 150 valence electrons. The zero-order valence-corrected chi connectivity index (χ0v) is 16.8. The van der Waals surface area contributed by atoms with Crippen molar-refractivity contribution in [3.63, 3.8) is 0 Å². The number of amides is 1. The lowest BCUT2D eigenvalue weighted by molar-refractivity contribution is 0.0730. The van der Waals surface area contributed by atoms with Crippen molar-refractivity contribution in [2.45, 2.75) is 30.7 Å². The molecule has 0 bridgehead atoms. The van der Waals surface area contributed by atoms with Crippen LogP contribution >= 0.6 is 0 Å². The fourth-order valence-corrected chi connectivity index (χ4v) is 4.53. The molecule has 7 heteroatoms. The average Bonchev–Trinajstić information content (AvgIpc) is 2.73. The molecule has 1 heterocycles. The summed E-state index contributed by atoms with van der Waals surface area (Å²) in [4.78, 5) is 12.6. The highest BCUT2D eigenvalue weighted by Crippen LogP contribution is 2.18. The van der Waals surface area contributed by atoms with Gasteiger partial charge in [0.05, 0.1) is 18.1 Å². The summed E-state index contributed by atoms with van der Waals surface area (Å²) >= 11 is 0. The standard InChI is InChI=1S/C21H26N2O4S/c1-17(7-8-18-5-3-2-4-6-18)22-21(24)19-9-11-20(12-10-19)28(25,26)23-13-15-27-16-14-23/h2-6,9-12,17H,7-8,13-16H2,1H3,(H,22,24). The summed E-state index contributed by atoms with van der Waals surface area (Å²) in [5, 5.41) is 2.97. The van der Waals surface area contributed by atoms with E-state index in [2.05, 4.69) is 17.4 Å². The third kappa shape index (κ3) is 5.19. The predicted molar refractivity (Wildman–Crippen MR) is 108 cm³/mol. The monoisotopic (exact) mass is 402 g/mol. The molecule has 0 saturated carbocycles. The van der Waals surface area contributed by atoms with Gasteiger partial charge in [-0.25, -0.2) is 8.42 Å². The molecule has 1 amide bonds. The fraction of sp³-hybridized carbons (Fsp3) is 0.381. The number of sulfonamides is 1. The molecular formula is C21H26N2O4S. The minimum Gasteiger partial charge on any atom is -0.379 e. The first kappa shape index (κ1) is 20.5. The summed E-state index contributed by atoms with van der Waals surface area (Å²) in [6.45, 7) is 3.48. The molecule has 1 atom stereocenters. The quantitative estimate of drug-likeness (QED) is 0.772. The van der Waals surface area contributed by atoms with Gasteiger partial charge in [-0.05, 0) is 49.6 Å². The molecule has 1 fully saturated rings. The number of benzene rings is 2. The summed E-state index contributed by atoms with van der Waals surface area (Å²) < 4.78 is 31.9. The Kier molecular flexibility index (Phi) is 6.83. The molecule has 1 aliphatic rings. The van der Waals surface area contributed by atoms with Crippen LogP contribution in [0, 0.1) is 0 Å². The van der Waals surface area contributed by atoms with Gasteiger partial charge in [-0.15, -0.1) is 0 Å². The van der Waals surface area contributed by atoms with E-state index >= 15 is 0 Å². The lowest BCUT2D eigenvalue weighted by Gasteiger charge is -2.26. The molecular weight excluding hydrogens is 376 g/mol. The van der Waals surface area contributed by atoms with Crippen LogP contribution in [0.2, 0.25) is 0 Å². The Morgan fingerprint density at radius 1 is 1.07 bits per heavy atom. The summed E-state index contributed by atoms with van der Waals surface area (Å²) in [6, 6.07) is 16.3. The van der Waals surface area contributed by atoms with Crippen LogP contribution in [0.4, 0.5) is 0 Å². The summed E-state index contributed by atoms with van der Waals surface area (Å²) in [7, 11) is -3.55. The molecule has 28 heavy (non-hydrogen) atoms. The summed E-state index contributed by atoms with van der Waals surface area (Å²) in [5.74, 6) is -0.198. The molecule has 3 rings (SSSR count). The van der Waals surface area contributed by atoms with Gasteiger partial charge in [-0.3, -0.25) is 4.79 Å². The second kappa shape index (κ2) is 9.32. The minimum atomic E-state index is -3.55. The van der Waals surface area contributed by atoms with Gasteiger partial charge < -0.3 is 10.1 Å². The maximum absolute atomic E-state index is 12.6. The van der Waals surface area contributed by atoms with Gasteiger partial charge in [-0.1, -0.05) is 30.3 Å². The maximum atomic E-state index is 12.6. The third-order valence-electron chi connectivity index (χ3n) is 4.81. The first-order valence-electron chi connectivity index (χ1n) is 9.49. The number of carbonyl (C=O) groups is 1. The first-order valence-corrected chi connectivity index (χ1v) is 10.9. The number of morpholine rings is 1. The minimum absolute atomic E-state index is 0.0180. The van der Waals surface area contributed by atoms with E-state index < -0.39 is 10.0 Å². The first-order chi connectivity index (χ1) is 13.5. The average molecular weight is 403 g/mol. The van der Waals surface area contributed by atoms with Crippen LogP contribution in [0.25, 0.3) is 0 Å². The number of hydrogen-bond donors (Lipinski definition) is 1. The van der Waals surface area contributed by atoms with E-state index in [4.69, 9.17) is 4.74 Å². The Bertz CT molecular complexity index is 876. The smallest absolute Gasteiger partial charge is 0.251 e. The number of rotatable bonds is 7. The number of carbonyl (C=O) groups excluding carboxylic acids is 1. The Morgan fingerprint density at radius 3 is 2.36 bits per heavy atom. The van der Waals surface area contributed by atoms with E-state index in [0.717, 1.165) is 12.8 Å². The van der Waals surface area contributed by atoms with Gasteiger partial charge in [-0.2, -0.15) is 4.31 Å². The Labute approximate surface area is 166 Å². The number of nitrogens with one attached hydrogen (secondary N) is 1. The van der Waals surface area contributed by atoms with Gasteiger partial charge in [0, 0.05) is 24.7 Å². The SMILES string of the molecule is CC(CCc1ccccc1)NC(=O)c1ccc(S(=O)(=O)N2CCOCC2)cc1. The van der Waals surface area contributed by atoms with Crippen LogP contribution in [-0.2, 0) is 21.2 Å². The normalized spacial score (nSPS) is 16.5. The Hall–Kier alpha value is -2.22. The number of ether oxygens (including phenoxy) is 1. The Morgan fingerprint density at radius 2 is 1.71 bits per heavy atom. The van der Waals surface area contributed by atoms with Crippen molar-refractivity contribution in [2.24, 2.45) is 0 Å². The van der Waals surface area contributed by atoms with E-state index in [1.54, 1.807) is 12.1 Å². The second-order valence-corrected chi connectivity index (χ2v) is 8.88. The third-order valence-corrected chi connectivity index (χ3v) is 6.72. The highest BCUT2D eigenvalue weighted by Gasteiger charge is 2.26. The predicted octanol–water partition coefficient (Wildman–Crippen LogP) is 2.46. The van der Waals surface area contributed by atoms with Gasteiger partial charge in [0.25, 0.3) is 5.91 Å². The van der Waals surface area contributed by atoms with Gasteiger partial charge in [0.2, 0.25) is 10.0 Å². The molecule has 1 aliphatic heterocycles. The van der Waals surface area contributed by atoms with Gasteiger partial charge in [0.1, 0.15) is 0 Å². The lowest BCUT2D eigenvalue weighted by atomic mass is 10.1. The van der Waals surface area contributed by atoms with Gasteiger partial charge in [0.15, 0.2) is 0 Å². The van der Waals surface area contributed by atoms with Gasteiger partial charge >= 0.3 is 0 Å². The van der Waals surface area contributed by atoms with Crippen LogP contribution in [0.1, 0.15) is 29.3 Å².